The summed E-state index contributed by atoms with van der Waals surface area (Å²) in [4.78, 5) is 24.5. The van der Waals surface area contributed by atoms with E-state index >= 15 is 0 Å². The third-order valence-electron chi connectivity index (χ3n) is 7.76. The minimum atomic E-state index is 0.175. The number of halogens is 1. The highest BCUT2D eigenvalue weighted by Crippen LogP contribution is 2.46. The van der Waals surface area contributed by atoms with Gasteiger partial charge in [0, 0.05) is 48.4 Å². The fourth-order valence-electron chi connectivity index (χ4n) is 5.76. The van der Waals surface area contributed by atoms with E-state index in [1.165, 1.54) is 16.0 Å². The van der Waals surface area contributed by atoms with Crippen LogP contribution in [0.2, 0.25) is 5.02 Å². The molecule has 0 radical (unpaired) electrons. The lowest BCUT2D eigenvalue weighted by Crippen LogP contribution is -2.35. The van der Waals surface area contributed by atoms with Gasteiger partial charge in [-0.25, -0.2) is 4.98 Å². The summed E-state index contributed by atoms with van der Waals surface area (Å²) in [5.41, 5.74) is 5.34. The van der Waals surface area contributed by atoms with Crippen molar-refractivity contribution in [3.63, 3.8) is 0 Å². The molecule has 1 amide bonds. The number of hydrogen-bond acceptors (Lipinski definition) is 6. The summed E-state index contributed by atoms with van der Waals surface area (Å²) < 4.78 is 11.1. The summed E-state index contributed by atoms with van der Waals surface area (Å²) in [5.74, 6) is 1.50. The van der Waals surface area contributed by atoms with Crippen LogP contribution in [0.5, 0.6) is 11.5 Å². The summed E-state index contributed by atoms with van der Waals surface area (Å²) in [6.07, 6.45) is 3.49. The highest BCUT2D eigenvalue weighted by Gasteiger charge is 2.28. The van der Waals surface area contributed by atoms with Crippen molar-refractivity contribution in [3.05, 3.63) is 75.3 Å². The van der Waals surface area contributed by atoms with Gasteiger partial charge in [0.15, 0.2) is 11.5 Å². The Balaban J connectivity index is 1.45. The van der Waals surface area contributed by atoms with E-state index in [0.717, 1.165) is 72.5 Å². The van der Waals surface area contributed by atoms with Crippen LogP contribution in [0.15, 0.2) is 48.5 Å². The van der Waals surface area contributed by atoms with Gasteiger partial charge in [0.25, 0.3) is 0 Å². The molecule has 4 heterocycles. The van der Waals surface area contributed by atoms with E-state index in [1.54, 1.807) is 25.6 Å². The lowest BCUT2D eigenvalue weighted by atomic mass is 9.95. The van der Waals surface area contributed by atoms with Gasteiger partial charge in [-0.1, -0.05) is 48.0 Å². The number of methoxy groups -OCH3 is 2. The average molecular weight is 562 g/mol. The van der Waals surface area contributed by atoms with Crippen LogP contribution in [-0.4, -0.2) is 48.0 Å². The van der Waals surface area contributed by atoms with Gasteiger partial charge in [0.2, 0.25) is 5.91 Å². The van der Waals surface area contributed by atoms with Crippen molar-refractivity contribution in [1.82, 2.24) is 14.8 Å². The number of carbonyl (C=O) groups is 1. The molecule has 1 fully saturated rings. The molecule has 0 bridgehead atoms. The van der Waals surface area contributed by atoms with Gasteiger partial charge in [0.05, 0.1) is 31.5 Å². The van der Waals surface area contributed by atoms with Gasteiger partial charge in [-0.2, -0.15) is 0 Å². The molecule has 0 aliphatic carbocycles. The second kappa shape index (κ2) is 11.2. The molecule has 0 atom stereocenters. The molecule has 0 unspecified atom stereocenters. The SMILES string of the molecule is COc1ccc(-c2c(Cl)c(CN3CCCCC3=O)nc3sc4c(c23)CCN(Cc2ccccc2)C4)cc1OC. The van der Waals surface area contributed by atoms with E-state index < -0.39 is 0 Å². The summed E-state index contributed by atoms with van der Waals surface area (Å²) in [7, 11) is 3.28. The van der Waals surface area contributed by atoms with Crippen LogP contribution in [0.25, 0.3) is 21.3 Å². The number of nitrogens with zero attached hydrogens (tertiary/aromatic N) is 3. The van der Waals surface area contributed by atoms with E-state index in [9.17, 15) is 4.79 Å². The summed E-state index contributed by atoms with van der Waals surface area (Å²) in [5, 5.41) is 1.74. The van der Waals surface area contributed by atoms with Crippen LogP contribution in [0.3, 0.4) is 0 Å². The number of benzene rings is 2. The number of piperidine rings is 1. The smallest absolute Gasteiger partial charge is 0.222 e. The highest BCUT2D eigenvalue weighted by atomic mass is 35.5. The van der Waals surface area contributed by atoms with Gasteiger partial charge in [-0.15, -0.1) is 11.3 Å². The summed E-state index contributed by atoms with van der Waals surface area (Å²) in [6, 6.07) is 16.6. The molecule has 1 saturated heterocycles. The van der Waals surface area contributed by atoms with Crippen molar-refractivity contribution in [2.24, 2.45) is 0 Å². The molecule has 6 rings (SSSR count). The third kappa shape index (κ3) is 5.11. The summed E-state index contributed by atoms with van der Waals surface area (Å²) >= 11 is 8.97. The van der Waals surface area contributed by atoms with E-state index in [-0.39, 0.29) is 5.91 Å². The normalized spacial score (nSPS) is 16.0. The molecule has 39 heavy (non-hydrogen) atoms. The Morgan fingerprint density at radius 1 is 0.974 bits per heavy atom. The Morgan fingerprint density at radius 2 is 1.79 bits per heavy atom. The van der Waals surface area contributed by atoms with Crippen molar-refractivity contribution in [2.45, 2.75) is 45.3 Å². The van der Waals surface area contributed by atoms with Crippen LogP contribution in [0.1, 0.15) is 41.0 Å². The van der Waals surface area contributed by atoms with Gasteiger partial charge in [-0.3, -0.25) is 9.69 Å². The number of ether oxygens (including phenoxy) is 2. The number of hydrogen-bond donors (Lipinski definition) is 0. The first-order valence-corrected chi connectivity index (χ1v) is 14.6. The van der Waals surface area contributed by atoms with Gasteiger partial charge in [0.1, 0.15) is 4.83 Å². The largest absolute Gasteiger partial charge is 0.493 e. The number of rotatable bonds is 7. The number of pyridine rings is 1. The standard InChI is InChI=1S/C31H32ClN3O3S/c1-37-24-12-11-21(16-25(24)38-2)28-29-22-13-15-34(17-20-8-4-3-5-9-20)19-26(22)39-31(29)33-23(30(28)32)18-35-14-7-6-10-27(35)36/h3-5,8-9,11-12,16H,6-7,10,13-15,17-19H2,1-2H3. The zero-order chi connectivity index (χ0) is 26.9. The molecule has 0 spiro atoms. The summed E-state index contributed by atoms with van der Waals surface area (Å²) in [6.45, 7) is 3.95. The molecule has 2 aliphatic heterocycles. The number of aromatic nitrogens is 1. The lowest BCUT2D eigenvalue weighted by Gasteiger charge is -2.28. The third-order valence-corrected chi connectivity index (χ3v) is 9.28. The molecule has 2 aromatic heterocycles. The maximum absolute atomic E-state index is 12.6. The first kappa shape index (κ1) is 26.1. The Kier molecular flexibility index (Phi) is 7.47. The number of likely N-dealkylation sites (tertiary alicyclic amines) is 1. The number of carbonyl (C=O) groups excluding carboxylic acids is 1. The van der Waals surface area contributed by atoms with E-state index in [4.69, 9.17) is 26.1 Å². The average Bonchev–Trinajstić information content (AvgIpc) is 3.31. The van der Waals surface area contributed by atoms with Crippen LogP contribution in [0, 0.1) is 0 Å². The molecule has 2 aliphatic rings. The number of thiophene rings is 1. The zero-order valence-corrected chi connectivity index (χ0v) is 23.9. The molecule has 4 aromatic rings. The lowest BCUT2D eigenvalue weighted by molar-refractivity contribution is -0.133. The van der Waals surface area contributed by atoms with Crippen molar-refractivity contribution in [1.29, 1.82) is 0 Å². The Hall–Kier alpha value is -3.13. The molecule has 8 heteroatoms. The maximum Gasteiger partial charge on any atom is 0.222 e. The molecule has 202 valence electrons. The van der Waals surface area contributed by atoms with Crippen LogP contribution in [0.4, 0.5) is 0 Å². The second-order valence-electron chi connectivity index (χ2n) is 10.2. The maximum atomic E-state index is 12.6. The van der Waals surface area contributed by atoms with Gasteiger partial charge in [-0.05, 0) is 48.1 Å². The molecular formula is C31H32ClN3O3S. The van der Waals surface area contributed by atoms with Crippen molar-refractivity contribution in [3.8, 4) is 22.6 Å². The highest BCUT2D eigenvalue weighted by molar-refractivity contribution is 7.19. The topological polar surface area (TPSA) is 54.9 Å². The minimum absolute atomic E-state index is 0.175. The molecule has 2 aromatic carbocycles. The molecule has 0 N–H and O–H groups in total. The molecule has 6 nitrogen and oxygen atoms in total. The number of amides is 1. The van der Waals surface area contributed by atoms with E-state index in [1.807, 2.05) is 23.1 Å². The predicted molar refractivity (Wildman–Crippen MR) is 157 cm³/mol. The van der Waals surface area contributed by atoms with Crippen molar-refractivity contribution in [2.75, 3.05) is 27.3 Å². The fourth-order valence-corrected chi connectivity index (χ4v) is 7.35. The zero-order valence-electron chi connectivity index (χ0n) is 22.3. The minimum Gasteiger partial charge on any atom is -0.493 e. The monoisotopic (exact) mass is 561 g/mol. The van der Waals surface area contributed by atoms with Crippen LogP contribution < -0.4 is 9.47 Å². The Morgan fingerprint density at radius 3 is 2.56 bits per heavy atom. The van der Waals surface area contributed by atoms with Gasteiger partial charge < -0.3 is 14.4 Å². The van der Waals surface area contributed by atoms with E-state index in [2.05, 4.69) is 35.2 Å². The fraction of sp³-hybridized carbons (Fsp3) is 0.355. The quantitative estimate of drug-likeness (QED) is 0.251. The van der Waals surface area contributed by atoms with Crippen molar-refractivity contribution < 1.29 is 14.3 Å². The molecule has 0 saturated carbocycles. The van der Waals surface area contributed by atoms with Crippen molar-refractivity contribution >= 4 is 39.1 Å². The Labute approximate surface area is 238 Å². The first-order chi connectivity index (χ1) is 19.1. The second-order valence-corrected chi connectivity index (χ2v) is 11.7. The number of fused-ring (bicyclic) bond motifs is 3. The predicted octanol–water partition coefficient (Wildman–Crippen LogP) is 6.70. The first-order valence-electron chi connectivity index (χ1n) is 13.4. The van der Waals surface area contributed by atoms with Gasteiger partial charge >= 0.3 is 0 Å². The molecular weight excluding hydrogens is 530 g/mol. The Bertz CT molecular complexity index is 1520. The van der Waals surface area contributed by atoms with Crippen LogP contribution in [-0.2, 0) is 30.8 Å². The van der Waals surface area contributed by atoms with E-state index in [0.29, 0.717) is 29.5 Å². The van der Waals surface area contributed by atoms with Crippen LogP contribution >= 0.6 is 22.9 Å².